The quantitative estimate of drug-likeness (QED) is 0.332. The van der Waals surface area contributed by atoms with Gasteiger partial charge in [0.25, 0.3) is 0 Å². The van der Waals surface area contributed by atoms with Crippen LogP contribution in [0.1, 0.15) is 12.8 Å². The Morgan fingerprint density at radius 1 is 1.05 bits per heavy atom. The van der Waals surface area contributed by atoms with Crippen LogP contribution in [0.4, 0.5) is 0 Å². The maximum Gasteiger partial charge on any atom is 0.120 e. The van der Waals surface area contributed by atoms with Gasteiger partial charge in [0, 0.05) is 20.8 Å². The van der Waals surface area contributed by atoms with E-state index in [-0.39, 0.29) is 0 Å². The van der Waals surface area contributed by atoms with Gasteiger partial charge in [-0.2, -0.15) is 4.37 Å². The molecule has 0 aliphatic rings. The molecule has 0 radical (unpaired) electrons. The van der Waals surface area contributed by atoms with Crippen LogP contribution in [-0.2, 0) is 0 Å². The van der Waals surface area contributed by atoms with E-state index >= 15 is 0 Å². The Morgan fingerprint density at radius 2 is 1.86 bits per heavy atom. The van der Waals surface area contributed by atoms with Crippen molar-refractivity contribution < 1.29 is 4.74 Å². The number of hydrogen-bond acceptors (Lipinski definition) is 3. The molecule has 114 valence electrons. The van der Waals surface area contributed by atoms with Crippen LogP contribution in [0.25, 0.3) is 21.3 Å². The zero-order valence-corrected chi connectivity index (χ0v) is 15.9. The fraction of sp³-hybridized carbons (Fsp3) is 0.235. The predicted molar refractivity (Wildman–Crippen MR) is 101 cm³/mol. The average Bonchev–Trinajstić information content (AvgIpc) is 2.95. The van der Waals surface area contributed by atoms with E-state index in [2.05, 4.69) is 60.5 Å². The summed E-state index contributed by atoms with van der Waals surface area (Å²) in [7, 11) is 0. The van der Waals surface area contributed by atoms with Gasteiger partial charge in [0.05, 0.1) is 17.0 Å². The van der Waals surface area contributed by atoms with E-state index in [0.29, 0.717) is 0 Å². The Kier molecular flexibility index (Phi) is 5.50. The number of unbranched alkanes of at least 4 members (excludes halogenated alkanes) is 1. The highest BCUT2D eigenvalue weighted by Crippen LogP contribution is 2.33. The van der Waals surface area contributed by atoms with Crippen molar-refractivity contribution in [2.75, 3.05) is 11.9 Å². The lowest BCUT2D eigenvalue weighted by Gasteiger charge is -2.05. The molecule has 1 aromatic heterocycles. The average molecular weight is 441 g/mol. The highest BCUT2D eigenvalue weighted by atomic mass is 79.9. The van der Waals surface area contributed by atoms with Crippen molar-refractivity contribution in [3.05, 3.63) is 46.9 Å². The first-order chi connectivity index (χ1) is 10.8. The van der Waals surface area contributed by atoms with Crippen LogP contribution in [0.3, 0.4) is 0 Å². The lowest BCUT2D eigenvalue weighted by Crippen LogP contribution is -1.97. The number of aromatic nitrogens is 1. The minimum Gasteiger partial charge on any atom is -0.494 e. The van der Waals surface area contributed by atoms with Crippen LogP contribution in [0.15, 0.2) is 46.9 Å². The molecule has 5 heteroatoms. The molecule has 0 unspecified atom stereocenters. The molecule has 0 atom stereocenters. The third-order valence-electron chi connectivity index (χ3n) is 3.36. The first kappa shape index (κ1) is 16.0. The Labute approximate surface area is 150 Å². The Morgan fingerprint density at radius 3 is 2.64 bits per heavy atom. The van der Waals surface area contributed by atoms with Gasteiger partial charge in [-0.25, -0.2) is 0 Å². The first-order valence-electron chi connectivity index (χ1n) is 7.12. The van der Waals surface area contributed by atoms with E-state index in [1.54, 1.807) is 0 Å². The highest BCUT2D eigenvalue weighted by Gasteiger charge is 2.09. The van der Waals surface area contributed by atoms with Gasteiger partial charge in [-0.15, -0.1) is 0 Å². The molecule has 0 saturated heterocycles. The van der Waals surface area contributed by atoms with Gasteiger partial charge in [0.2, 0.25) is 0 Å². The molecule has 0 amide bonds. The SMILES string of the molecule is BrCCCCOc1ccc2c(-c3ccc(Br)cc3)nsc2c1. The smallest absolute Gasteiger partial charge is 0.120 e. The molecule has 0 aliphatic carbocycles. The highest BCUT2D eigenvalue weighted by molar-refractivity contribution is 9.10. The number of benzene rings is 2. The maximum absolute atomic E-state index is 5.80. The van der Waals surface area contributed by atoms with Crippen molar-refractivity contribution >= 4 is 53.5 Å². The van der Waals surface area contributed by atoms with E-state index in [4.69, 9.17) is 4.74 Å². The van der Waals surface area contributed by atoms with Gasteiger partial charge >= 0.3 is 0 Å². The summed E-state index contributed by atoms with van der Waals surface area (Å²) in [5, 5.41) is 2.21. The van der Waals surface area contributed by atoms with Gasteiger partial charge in [-0.3, -0.25) is 0 Å². The third-order valence-corrected chi connectivity index (χ3v) is 5.26. The Hall–Kier alpha value is -0.910. The lowest BCUT2D eigenvalue weighted by atomic mass is 10.1. The van der Waals surface area contributed by atoms with Crippen molar-refractivity contribution in [2.45, 2.75) is 12.8 Å². The second-order valence-corrected chi connectivity index (χ2v) is 7.45. The van der Waals surface area contributed by atoms with Gasteiger partial charge in [0.1, 0.15) is 5.75 Å². The molecule has 0 saturated carbocycles. The summed E-state index contributed by atoms with van der Waals surface area (Å²) in [5.74, 6) is 0.924. The monoisotopic (exact) mass is 439 g/mol. The molecule has 2 aromatic carbocycles. The van der Waals surface area contributed by atoms with Crippen LogP contribution in [0.2, 0.25) is 0 Å². The van der Waals surface area contributed by atoms with Gasteiger partial charge in [0.15, 0.2) is 0 Å². The Balaban J connectivity index is 1.81. The third kappa shape index (κ3) is 3.70. The molecular weight excluding hydrogens is 426 g/mol. The van der Waals surface area contributed by atoms with E-state index < -0.39 is 0 Å². The van der Waals surface area contributed by atoms with Crippen LogP contribution in [-0.4, -0.2) is 16.3 Å². The fourth-order valence-electron chi connectivity index (χ4n) is 2.21. The lowest BCUT2D eigenvalue weighted by molar-refractivity contribution is 0.310. The van der Waals surface area contributed by atoms with Crippen molar-refractivity contribution in [3.63, 3.8) is 0 Å². The van der Waals surface area contributed by atoms with Crippen molar-refractivity contribution in [2.24, 2.45) is 0 Å². The summed E-state index contributed by atoms with van der Waals surface area (Å²) in [4.78, 5) is 0. The summed E-state index contributed by atoms with van der Waals surface area (Å²) in [5.41, 5.74) is 2.18. The largest absolute Gasteiger partial charge is 0.494 e. The number of nitrogens with zero attached hydrogens (tertiary/aromatic N) is 1. The summed E-state index contributed by atoms with van der Waals surface area (Å²) in [6, 6.07) is 14.5. The molecular formula is C17H15Br2NOS. The Bertz CT molecular complexity index is 755. The molecule has 2 nitrogen and oxygen atoms in total. The number of rotatable bonds is 6. The van der Waals surface area contributed by atoms with Gasteiger partial charge < -0.3 is 4.74 Å². The number of ether oxygens (including phenoxy) is 1. The second kappa shape index (κ2) is 7.57. The van der Waals surface area contributed by atoms with Crippen LogP contribution < -0.4 is 4.74 Å². The van der Waals surface area contributed by atoms with E-state index in [9.17, 15) is 0 Å². The van der Waals surface area contributed by atoms with Crippen molar-refractivity contribution in [1.29, 1.82) is 0 Å². The first-order valence-corrected chi connectivity index (χ1v) is 9.81. The maximum atomic E-state index is 5.80. The summed E-state index contributed by atoms with van der Waals surface area (Å²) < 4.78 is 12.7. The molecule has 0 spiro atoms. The fourth-order valence-corrected chi connectivity index (χ4v) is 3.70. The van der Waals surface area contributed by atoms with Crippen LogP contribution >= 0.6 is 43.4 Å². The zero-order valence-electron chi connectivity index (χ0n) is 11.9. The van der Waals surface area contributed by atoms with Crippen LogP contribution in [0, 0.1) is 0 Å². The van der Waals surface area contributed by atoms with Crippen molar-refractivity contribution in [3.8, 4) is 17.0 Å². The zero-order chi connectivity index (χ0) is 15.4. The molecule has 0 N–H and O–H groups in total. The minimum atomic E-state index is 0.759. The normalized spacial score (nSPS) is 11.0. The van der Waals surface area contributed by atoms with E-state index in [1.165, 1.54) is 16.9 Å². The van der Waals surface area contributed by atoms with Gasteiger partial charge in [-0.1, -0.05) is 44.0 Å². The predicted octanol–water partition coefficient (Wildman–Crippen LogP) is 6.28. The van der Waals surface area contributed by atoms with Crippen LogP contribution in [0.5, 0.6) is 5.75 Å². The van der Waals surface area contributed by atoms with E-state index in [1.807, 2.05) is 18.2 Å². The molecule has 0 bridgehead atoms. The molecule has 3 rings (SSSR count). The number of halogens is 2. The topological polar surface area (TPSA) is 22.1 Å². The number of alkyl halides is 1. The number of hydrogen-bond donors (Lipinski definition) is 0. The minimum absolute atomic E-state index is 0.759. The van der Waals surface area contributed by atoms with Crippen molar-refractivity contribution in [1.82, 2.24) is 4.37 Å². The summed E-state index contributed by atoms with van der Waals surface area (Å²) >= 11 is 8.42. The molecule has 3 aromatic rings. The summed E-state index contributed by atoms with van der Waals surface area (Å²) in [6.07, 6.45) is 2.20. The van der Waals surface area contributed by atoms with E-state index in [0.717, 1.165) is 51.0 Å². The standard InChI is InChI=1S/C17H15Br2NOS/c18-9-1-2-10-21-14-7-8-15-16(11-14)22-20-17(15)12-3-5-13(19)6-4-12/h3-8,11H,1-2,9-10H2. The van der Waals surface area contributed by atoms with Gasteiger partial charge in [-0.05, 0) is 54.7 Å². The molecule has 1 heterocycles. The molecule has 0 fully saturated rings. The number of fused-ring (bicyclic) bond motifs is 1. The summed E-state index contributed by atoms with van der Waals surface area (Å²) in [6.45, 7) is 0.759. The molecule has 0 aliphatic heterocycles. The second-order valence-electron chi connectivity index (χ2n) is 4.94. The molecule has 22 heavy (non-hydrogen) atoms.